The molecule has 0 aromatic heterocycles. The van der Waals surface area contributed by atoms with Crippen LogP contribution < -0.4 is 15.4 Å². The molecule has 1 fully saturated rings. The van der Waals surface area contributed by atoms with Gasteiger partial charge in [-0.1, -0.05) is 24.3 Å². The molecule has 1 aliphatic heterocycles. The molecule has 28 heavy (non-hydrogen) atoms. The van der Waals surface area contributed by atoms with Crippen LogP contribution in [0.15, 0.2) is 48.5 Å². The van der Waals surface area contributed by atoms with Crippen molar-refractivity contribution >= 4 is 11.6 Å². The van der Waals surface area contributed by atoms with E-state index in [1.807, 2.05) is 31.2 Å². The normalized spacial score (nSPS) is 15.4. The third-order valence-electron chi connectivity index (χ3n) is 5.15. The van der Waals surface area contributed by atoms with Gasteiger partial charge in [0.15, 0.2) is 0 Å². The van der Waals surface area contributed by atoms with E-state index in [-0.39, 0.29) is 11.9 Å². The lowest BCUT2D eigenvalue weighted by atomic mass is 10.1. The summed E-state index contributed by atoms with van der Waals surface area (Å²) in [6, 6.07) is 16.3. The van der Waals surface area contributed by atoms with Gasteiger partial charge in [-0.3, -0.25) is 9.69 Å². The molecule has 1 amide bonds. The van der Waals surface area contributed by atoms with E-state index in [9.17, 15) is 4.79 Å². The van der Waals surface area contributed by atoms with Crippen LogP contribution in [0.4, 0.5) is 5.69 Å². The van der Waals surface area contributed by atoms with Crippen LogP contribution in [-0.4, -0.2) is 37.0 Å². The smallest absolute Gasteiger partial charge is 0.225 e. The lowest BCUT2D eigenvalue weighted by Crippen LogP contribution is -2.30. The van der Waals surface area contributed by atoms with Gasteiger partial charge in [-0.15, -0.1) is 0 Å². The topological polar surface area (TPSA) is 53.6 Å². The zero-order valence-electron chi connectivity index (χ0n) is 16.9. The van der Waals surface area contributed by atoms with Gasteiger partial charge < -0.3 is 15.4 Å². The Kier molecular flexibility index (Phi) is 7.46. The highest BCUT2D eigenvalue weighted by atomic mass is 16.5. The maximum absolute atomic E-state index is 12.2. The van der Waals surface area contributed by atoms with Gasteiger partial charge in [0.25, 0.3) is 0 Å². The predicted molar refractivity (Wildman–Crippen MR) is 113 cm³/mol. The summed E-state index contributed by atoms with van der Waals surface area (Å²) in [7, 11) is 1.63. The maximum Gasteiger partial charge on any atom is 0.225 e. The van der Waals surface area contributed by atoms with Gasteiger partial charge in [-0.05, 0) is 68.2 Å². The number of amides is 1. The Morgan fingerprint density at radius 1 is 1.04 bits per heavy atom. The number of likely N-dealkylation sites (tertiary alicyclic amines) is 1. The van der Waals surface area contributed by atoms with Crippen molar-refractivity contribution in [2.24, 2.45) is 0 Å². The molecule has 2 aromatic rings. The minimum absolute atomic E-state index is 0.00567. The van der Waals surface area contributed by atoms with E-state index < -0.39 is 0 Å². The summed E-state index contributed by atoms with van der Waals surface area (Å²) in [5, 5.41) is 6.36. The van der Waals surface area contributed by atoms with E-state index in [4.69, 9.17) is 4.74 Å². The molecule has 5 nitrogen and oxygen atoms in total. The number of hydrogen-bond donors (Lipinski definition) is 2. The molecule has 1 atom stereocenters. The monoisotopic (exact) mass is 381 g/mol. The van der Waals surface area contributed by atoms with Gasteiger partial charge in [0, 0.05) is 31.2 Å². The van der Waals surface area contributed by atoms with Gasteiger partial charge in [0.2, 0.25) is 5.91 Å². The Morgan fingerprint density at radius 2 is 1.68 bits per heavy atom. The quantitative estimate of drug-likeness (QED) is 0.694. The van der Waals surface area contributed by atoms with Crippen molar-refractivity contribution in [1.82, 2.24) is 10.2 Å². The molecule has 150 valence electrons. The predicted octanol–water partition coefficient (Wildman–Crippen LogP) is 3.80. The summed E-state index contributed by atoms with van der Waals surface area (Å²) in [4.78, 5) is 14.7. The summed E-state index contributed by atoms with van der Waals surface area (Å²) in [6.45, 7) is 6.30. The second kappa shape index (κ2) is 10.2. The number of methoxy groups -OCH3 is 1. The van der Waals surface area contributed by atoms with Gasteiger partial charge in [0.1, 0.15) is 5.75 Å². The number of rotatable bonds is 9. The first-order valence-corrected chi connectivity index (χ1v) is 10.1. The van der Waals surface area contributed by atoms with Gasteiger partial charge in [0.05, 0.1) is 7.11 Å². The molecule has 2 N–H and O–H groups in total. The van der Waals surface area contributed by atoms with Crippen molar-refractivity contribution in [2.75, 3.05) is 25.5 Å². The zero-order valence-corrected chi connectivity index (χ0v) is 16.9. The lowest BCUT2D eigenvalue weighted by Gasteiger charge is -2.16. The van der Waals surface area contributed by atoms with Crippen molar-refractivity contribution in [3.63, 3.8) is 0 Å². The average Bonchev–Trinajstić information content (AvgIpc) is 3.21. The molecular formula is C23H31N3O2. The van der Waals surface area contributed by atoms with Crippen molar-refractivity contribution in [3.8, 4) is 5.75 Å². The molecule has 1 aliphatic rings. The summed E-state index contributed by atoms with van der Waals surface area (Å²) in [6.07, 6.45) is 3.08. The molecule has 3 rings (SSSR count). The molecule has 0 spiro atoms. The fraction of sp³-hybridized carbons (Fsp3) is 0.435. The van der Waals surface area contributed by atoms with Crippen molar-refractivity contribution in [1.29, 1.82) is 0 Å². The number of anilines is 1. The molecule has 0 aliphatic carbocycles. The van der Waals surface area contributed by atoms with Crippen molar-refractivity contribution in [2.45, 2.75) is 45.3 Å². The summed E-state index contributed by atoms with van der Waals surface area (Å²) in [5.41, 5.74) is 3.40. The number of carbonyl (C=O) groups excluding carboxylic acids is 1. The van der Waals surface area contributed by atoms with Crippen LogP contribution >= 0.6 is 0 Å². The Bertz CT molecular complexity index is 737. The van der Waals surface area contributed by atoms with E-state index in [1.54, 1.807) is 7.11 Å². The van der Waals surface area contributed by atoms with Crippen LogP contribution in [-0.2, 0) is 17.9 Å². The minimum Gasteiger partial charge on any atom is -0.497 e. The fourth-order valence-corrected chi connectivity index (χ4v) is 3.49. The Hall–Kier alpha value is -2.37. The highest BCUT2D eigenvalue weighted by Gasteiger charge is 2.12. The van der Waals surface area contributed by atoms with Crippen LogP contribution in [0.3, 0.4) is 0 Å². The Labute approximate surface area is 168 Å². The molecule has 0 unspecified atom stereocenters. The molecular weight excluding hydrogens is 350 g/mol. The lowest BCUT2D eigenvalue weighted by molar-refractivity contribution is -0.116. The number of carbonyl (C=O) groups is 1. The highest BCUT2D eigenvalue weighted by molar-refractivity contribution is 5.91. The van der Waals surface area contributed by atoms with E-state index >= 15 is 0 Å². The number of nitrogens with zero attached hydrogens (tertiary/aromatic N) is 1. The van der Waals surface area contributed by atoms with Crippen LogP contribution in [0.1, 0.15) is 37.3 Å². The summed E-state index contributed by atoms with van der Waals surface area (Å²) in [5.74, 6) is 0.783. The Balaban J connectivity index is 1.39. The van der Waals surface area contributed by atoms with Gasteiger partial charge in [-0.25, -0.2) is 0 Å². The SMILES string of the molecule is COc1ccc(NC(=O)C[C@@H](C)NCc2ccc(CN3CCCC3)cc2)cc1. The highest BCUT2D eigenvalue weighted by Crippen LogP contribution is 2.16. The number of hydrogen-bond acceptors (Lipinski definition) is 4. The molecule has 5 heteroatoms. The molecule has 0 bridgehead atoms. The van der Waals surface area contributed by atoms with Gasteiger partial charge >= 0.3 is 0 Å². The van der Waals surface area contributed by atoms with Crippen LogP contribution in [0.25, 0.3) is 0 Å². The van der Waals surface area contributed by atoms with Crippen molar-refractivity contribution in [3.05, 3.63) is 59.7 Å². The van der Waals surface area contributed by atoms with Gasteiger partial charge in [-0.2, -0.15) is 0 Å². The van der Waals surface area contributed by atoms with Crippen LogP contribution in [0.5, 0.6) is 5.75 Å². The molecule has 2 aromatic carbocycles. The first-order valence-electron chi connectivity index (χ1n) is 10.1. The zero-order chi connectivity index (χ0) is 19.8. The van der Waals surface area contributed by atoms with E-state index in [2.05, 4.69) is 39.8 Å². The minimum atomic E-state index is 0.00567. The second-order valence-corrected chi connectivity index (χ2v) is 7.56. The first kappa shape index (κ1) is 20.4. The number of ether oxygens (including phenoxy) is 1. The first-order chi connectivity index (χ1) is 13.6. The van der Waals surface area contributed by atoms with E-state index in [0.717, 1.165) is 24.5 Å². The molecule has 0 radical (unpaired) electrons. The molecule has 1 saturated heterocycles. The number of benzene rings is 2. The van der Waals surface area contributed by atoms with E-state index in [0.29, 0.717) is 6.42 Å². The third-order valence-corrected chi connectivity index (χ3v) is 5.15. The van der Waals surface area contributed by atoms with E-state index in [1.165, 1.54) is 37.1 Å². The Morgan fingerprint density at radius 3 is 2.32 bits per heavy atom. The van der Waals surface area contributed by atoms with Crippen LogP contribution in [0, 0.1) is 0 Å². The fourth-order valence-electron chi connectivity index (χ4n) is 3.49. The molecule has 1 heterocycles. The number of nitrogens with one attached hydrogen (secondary N) is 2. The standard InChI is InChI=1S/C23H31N3O2/c1-18(15-23(27)25-21-9-11-22(28-2)12-10-21)24-16-19-5-7-20(8-6-19)17-26-13-3-4-14-26/h5-12,18,24H,3-4,13-17H2,1-2H3,(H,25,27)/t18-/m1/s1. The second-order valence-electron chi connectivity index (χ2n) is 7.56. The molecule has 0 saturated carbocycles. The van der Waals surface area contributed by atoms with Crippen LogP contribution in [0.2, 0.25) is 0 Å². The summed E-state index contributed by atoms with van der Waals surface area (Å²) >= 11 is 0. The average molecular weight is 382 g/mol. The maximum atomic E-state index is 12.2. The third kappa shape index (κ3) is 6.36. The summed E-state index contributed by atoms with van der Waals surface area (Å²) < 4.78 is 5.13. The largest absolute Gasteiger partial charge is 0.497 e. The van der Waals surface area contributed by atoms with Crippen molar-refractivity contribution < 1.29 is 9.53 Å².